The molecule has 1 fully saturated rings. The first kappa shape index (κ1) is 12.4. The third kappa shape index (κ3) is 2.27. The Morgan fingerprint density at radius 1 is 1.44 bits per heavy atom. The van der Waals surface area contributed by atoms with Crippen LogP contribution in [0.2, 0.25) is 5.02 Å². The molecule has 0 unspecified atom stereocenters. The average molecular weight is 325 g/mol. The quantitative estimate of drug-likeness (QED) is 0.857. The molecule has 3 nitrogen and oxygen atoms in total. The Bertz CT molecular complexity index is 514. The van der Waals surface area contributed by atoms with Crippen molar-refractivity contribution in [2.24, 2.45) is 0 Å². The number of benzene rings is 1. The summed E-state index contributed by atoms with van der Waals surface area (Å²) >= 11 is 9.06. The van der Waals surface area contributed by atoms with Crippen LogP contribution in [0, 0.1) is 0 Å². The molecular weight excluding hydrogens is 314 g/mol. The molecule has 0 saturated heterocycles. The van der Waals surface area contributed by atoms with Gasteiger partial charge in [-0.25, -0.2) is 8.42 Å². The van der Waals surface area contributed by atoms with Gasteiger partial charge in [-0.1, -0.05) is 11.6 Å². The van der Waals surface area contributed by atoms with Gasteiger partial charge in [0.2, 0.25) is 10.0 Å². The zero-order valence-electron chi connectivity index (χ0n) is 8.65. The van der Waals surface area contributed by atoms with Crippen molar-refractivity contribution >= 4 is 37.6 Å². The summed E-state index contributed by atoms with van der Waals surface area (Å²) in [7, 11) is -1.75. The van der Waals surface area contributed by atoms with Gasteiger partial charge < -0.3 is 0 Å². The fourth-order valence-corrected chi connectivity index (χ4v) is 3.53. The van der Waals surface area contributed by atoms with E-state index in [-0.39, 0.29) is 10.9 Å². The average Bonchev–Trinajstić information content (AvgIpc) is 3.04. The summed E-state index contributed by atoms with van der Waals surface area (Å²) in [6, 6.07) is 4.82. The van der Waals surface area contributed by atoms with Crippen molar-refractivity contribution in [1.82, 2.24) is 4.31 Å². The summed E-state index contributed by atoms with van der Waals surface area (Å²) in [5.41, 5.74) is 0. The van der Waals surface area contributed by atoms with E-state index in [9.17, 15) is 8.42 Å². The molecule has 1 saturated carbocycles. The van der Waals surface area contributed by atoms with Crippen molar-refractivity contribution in [3.63, 3.8) is 0 Å². The van der Waals surface area contributed by atoms with E-state index in [0.29, 0.717) is 9.50 Å². The largest absolute Gasteiger partial charge is 0.243 e. The van der Waals surface area contributed by atoms with Crippen LogP contribution < -0.4 is 0 Å². The standard InChI is InChI=1S/C10H11BrClNO2S/c1-13(7-2-3-7)16(14,15)8-4-5-10(12)9(11)6-8/h4-7H,2-3H2,1H3. The minimum Gasteiger partial charge on any atom is -0.207 e. The normalized spacial score (nSPS) is 16.8. The lowest BCUT2D eigenvalue weighted by Gasteiger charge is -2.16. The molecule has 0 atom stereocenters. The first-order valence-corrected chi connectivity index (χ1v) is 7.47. The molecule has 0 spiro atoms. The predicted molar refractivity (Wildman–Crippen MR) is 67.1 cm³/mol. The highest BCUT2D eigenvalue weighted by Crippen LogP contribution is 2.32. The van der Waals surface area contributed by atoms with Gasteiger partial charge >= 0.3 is 0 Å². The molecule has 0 amide bonds. The Hall–Kier alpha value is -0.100. The molecule has 88 valence electrons. The maximum absolute atomic E-state index is 12.1. The number of nitrogens with zero attached hydrogens (tertiary/aromatic N) is 1. The fourth-order valence-electron chi connectivity index (χ4n) is 1.44. The van der Waals surface area contributed by atoms with Gasteiger partial charge in [0, 0.05) is 17.6 Å². The summed E-state index contributed by atoms with van der Waals surface area (Å²) < 4.78 is 26.3. The van der Waals surface area contributed by atoms with Gasteiger partial charge in [-0.2, -0.15) is 4.31 Å². The van der Waals surface area contributed by atoms with Crippen LogP contribution in [-0.2, 0) is 10.0 Å². The molecule has 1 aliphatic carbocycles. The van der Waals surface area contributed by atoms with Crippen LogP contribution in [0.5, 0.6) is 0 Å². The molecule has 2 rings (SSSR count). The number of rotatable bonds is 3. The number of halogens is 2. The van der Waals surface area contributed by atoms with Crippen LogP contribution in [0.25, 0.3) is 0 Å². The van der Waals surface area contributed by atoms with Crippen LogP contribution in [0.1, 0.15) is 12.8 Å². The first-order chi connectivity index (χ1) is 7.43. The molecule has 0 radical (unpaired) electrons. The van der Waals surface area contributed by atoms with Crippen LogP contribution in [0.15, 0.2) is 27.6 Å². The summed E-state index contributed by atoms with van der Waals surface area (Å²) in [6.45, 7) is 0. The number of sulfonamides is 1. The van der Waals surface area contributed by atoms with E-state index in [1.54, 1.807) is 13.1 Å². The van der Waals surface area contributed by atoms with Crippen LogP contribution in [0.4, 0.5) is 0 Å². The smallest absolute Gasteiger partial charge is 0.207 e. The van der Waals surface area contributed by atoms with Crippen molar-refractivity contribution < 1.29 is 8.42 Å². The lowest BCUT2D eigenvalue weighted by molar-refractivity contribution is 0.464. The number of hydrogen-bond donors (Lipinski definition) is 0. The molecule has 1 aromatic carbocycles. The van der Waals surface area contributed by atoms with E-state index in [4.69, 9.17) is 11.6 Å². The highest BCUT2D eigenvalue weighted by Gasteiger charge is 2.35. The topological polar surface area (TPSA) is 37.4 Å². The van der Waals surface area contributed by atoms with Crippen molar-refractivity contribution in [2.75, 3.05) is 7.05 Å². The monoisotopic (exact) mass is 323 g/mol. The molecule has 1 aliphatic rings. The Morgan fingerprint density at radius 2 is 2.06 bits per heavy atom. The highest BCUT2D eigenvalue weighted by atomic mass is 79.9. The number of hydrogen-bond acceptors (Lipinski definition) is 2. The maximum atomic E-state index is 12.1. The Kier molecular flexibility index (Phi) is 3.32. The van der Waals surface area contributed by atoms with Gasteiger partial charge in [0.25, 0.3) is 0 Å². The third-order valence-corrected chi connectivity index (χ3v) is 5.75. The van der Waals surface area contributed by atoms with Crippen molar-refractivity contribution in [3.8, 4) is 0 Å². The van der Waals surface area contributed by atoms with Crippen LogP contribution in [0.3, 0.4) is 0 Å². The predicted octanol–water partition coefficient (Wildman–Crippen LogP) is 2.89. The van der Waals surface area contributed by atoms with Crippen molar-refractivity contribution in [1.29, 1.82) is 0 Å². The second-order valence-electron chi connectivity index (χ2n) is 3.83. The SMILES string of the molecule is CN(C1CC1)S(=O)(=O)c1ccc(Cl)c(Br)c1. The molecule has 0 aromatic heterocycles. The summed E-state index contributed by atoms with van der Waals surface area (Å²) in [6.07, 6.45) is 1.90. The minimum absolute atomic E-state index is 0.166. The Morgan fingerprint density at radius 3 is 2.56 bits per heavy atom. The lowest BCUT2D eigenvalue weighted by Crippen LogP contribution is -2.28. The molecular formula is C10H11BrClNO2S. The molecule has 0 heterocycles. The molecule has 6 heteroatoms. The van der Waals surface area contributed by atoms with E-state index < -0.39 is 10.0 Å². The van der Waals surface area contributed by atoms with Gasteiger partial charge in [-0.05, 0) is 47.0 Å². The van der Waals surface area contributed by atoms with Gasteiger partial charge in [-0.3, -0.25) is 0 Å². The fraction of sp³-hybridized carbons (Fsp3) is 0.400. The van der Waals surface area contributed by atoms with Gasteiger partial charge in [0.15, 0.2) is 0 Å². The summed E-state index contributed by atoms with van der Waals surface area (Å²) in [4.78, 5) is 0.276. The van der Waals surface area contributed by atoms with E-state index in [1.807, 2.05) is 0 Å². The molecule has 0 aliphatic heterocycles. The van der Waals surface area contributed by atoms with E-state index >= 15 is 0 Å². The summed E-state index contributed by atoms with van der Waals surface area (Å²) in [5.74, 6) is 0. The Balaban J connectivity index is 2.38. The van der Waals surface area contributed by atoms with E-state index in [0.717, 1.165) is 12.8 Å². The third-order valence-electron chi connectivity index (χ3n) is 2.63. The molecule has 16 heavy (non-hydrogen) atoms. The van der Waals surface area contributed by atoms with Crippen molar-refractivity contribution in [3.05, 3.63) is 27.7 Å². The molecule has 1 aromatic rings. The van der Waals surface area contributed by atoms with Crippen molar-refractivity contribution in [2.45, 2.75) is 23.8 Å². The maximum Gasteiger partial charge on any atom is 0.243 e. The zero-order valence-corrected chi connectivity index (χ0v) is 11.8. The Labute approximate surface area is 109 Å². The van der Waals surface area contributed by atoms with Crippen LogP contribution >= 0.6 is 27.5 Å². The molecule has 0 bridgehead atoms. The first-order valence-electron chi connectivity index (χ1n) is 4.86. The second-order valence-corrected chi connectivity index (χ2v) is 7.09. The van der Waals surface area contributed by atoms with E-state index in [1.165, 1.54) is 16.4 Å². The lowest BCUT2D eigenvalue weighted by atomic mass is 10.4. The zero-order chi connectivity index (χ0) is 11.9. The highest BCUT2D eigenvalue weighted by molar-refractivity contribution is 9.10. The minimum atomic E-state index is -3.37. The molecule has 0 N–H and O–H groups in total. The van der Waals surface area contributed by atoms with Gasteiger partial charge in [0.1, 0.15) is 0 Å². The van der Waals surface area contributed by atoms with E-state index in [2.05, 4.69) is 15.9 Å². The summed E-state index contributed by atoms with van der Waals surface area (Å²) in [5, 5.41) is 0.507. The second kappa shape index (κ2) is 4.29. The van der Waals surface area contributed by atoms with Crippen LogP contribution in [-0.4, -0.2) is 25.8 Å². The van der Waals surface area contributed by atoms with Gasteiger partial charge in [0.05, 0.1) is 9.92 Å². The van der Waals surface area contributed by atoms with Gasteiger partial charge in [-0.15, -0.1) is 0 Å².